The molecular formula is C15H23ClN2O. The van der Waals surface area contributed by atoms with Crippen LogP contribution in [0.4, 0.5) is 5.69 Å². The van der Waals surface area contributed by atoms with E-state index in [1.165, 1.54) is 6.42 Å². The van der Waals surface area contributed by atoms with E-state index in [-0.39, 0.29) is 11.9 Å². The van der Waals surface area contributed by atoms with Crippen molar-refractivity contribution in [2.75, 3.05) is 5.73 Å². The van der Waals surface area contributed by atoms with E-state index in [2.05, 4.69) is 19.2 Å². The Morgan fingerprint density at radius 3 is 2.58 bits per heavy atom. The van der Waals surface area contributed by atoms with Gasteiger partial charge < -0.3 is 11.1 Å². The van der Waals surface area contributed by atoms with Crippen molar-refractivity contribution < 1.29 is 4.79 Å². The molecule has 4 heteroatoms. The Balaban J connectivity index is 2.47. The van der Waals surface area contributed by atoms with Crippen LogP contribution in [-0.4, -0.2) is 11.9 Å². The minimum absolute atomic E-state index is 0.0982. The lowest BCUT2D eigenvalue weighted by atomic mass is 10.0. The van der Waals surface area contributed by atoms with Crippen molar-refractivity contribution in [3.63, 3.8) is 0 Å². The van der Waals surface area contributed by atoms with Crippen LogP contribution in [0.3, 0.4) is 0 Å². The zero-order chi connectivity index (χ0) is 14.4. The number of hydrogen-bond acceptors (Lipinski definition) is 2. The maximum Gasteiger partial charge on any atom is 0.251 e. The molecule has 1 atom stereocenters. The molecule has 0 heterocycles. The molecule has 1 aromatic carbocycles. The summed E-state index contributed by atoms with van der Waals surface area (Å²) >= 11 is 5.91. The minimum Gasteiger partial charge on any atom is -0.398 e. The zero-order valence-corrected chi connectivity index (χ0v) is 12.6. The predicted octanol–water partition coefficient (Wildman–Crippen LogP) is 3.87. The number of anilines is 1. The summed E-state index contributed by atoms with van der Waals surface area (Å²) in [6.45, 7) is 6.44. The van der Waals surface area contributed by atoms with Crippen LogP contribution in [-0.2, 0) is 0 Å². The number of nitrogens with one attached hydrogen (secondary N) is 1. The first-order chi connectivity index (χ1) is 8.90. The summed E-state index contributed by atoms with van der Waals surface area (Å²) in [4.78, 5) is 12.0. The molecule has 0 aromatic heterocycles. The second-order valence-corrected chi connectivity index (χ2v) is 5.84. The number of carbonyl (C=O) groups is 1. The first kappa shape index (κ1) is 15.8. The van der Waals surface area contributed by atoms with Crippen LogP contribution in [0, 0.1) is 5.92 Å². The lowest BCUT2D eigenvalue weighted by Gasteiger charge is -2.14. The molecular weight excluding hydrogens is 260 g/mol. The summed E-state index contributed by atoms with van der Waals surface area (Å²) in [6, 6.07) is 5.12. The first-order valence-electron chi connectivity index (χ1n) is 6.76. The van der Waals surface area contributed by atoms with Gasteiger partial charge in [0.2, 0.25) is 0 Å². The van der Waals surface area contributed by atoms with Gasteiger partial charge >= 0.3 is 0 Å². The number of nitrogens with two attached hydrogens (primary N) is 1. The topological polar surface area (TPSA) is 55.1 Å². The smallest absolute Gasteiger partial charge is 0.251 e. The quantitative estimate of drug-likeness (QED) is 0.778. The van der Waals surface area contributed by atoms with E-state index < -0.39 is 0 Å². The zero-order valence-electron chi connectivity index (χ0n) is 11.9. The Morgan fingerprint density at radius 1 is 1.32 bits per heavy atom. The molecule has 1 rings (SSSR count). The second kappa shape index (κ2) is 7.39. The summed E-state index contributed by atoms with van der Waals surface area (Å²) in [6.07, 6.45) is 3.31. The van der Waals surface area contributed by atoms with Crippen LogP contribution in [0.25, 0.3) is 0 Å². The highest BCUT2D eigenvalue weighted by molar-refractivity contribution is 6.33. The van der Waals surface area contributed by atoms with Gasteiger partial charge in [0.05, 0.1) is 10.7 Å². The largest absolute Gasteiger partial charge is 0.398 e. The van der Waals surface area contributed by atoms with Crippen molar-refractivity contribution in [2.24, 2.45) is 5.92 Å². The highest BCUT2D eigenvalue weighted by atomic mass is 35.5. The van der Waals surface area contributed by atoms with Gasteiger partial charge in [0.25, 0.3) is 5.91 Å². The highest BCUT2D eigenvalue weighted by Gasteiger charge is 2.11. The van der Waals surface area contributed by atoms with Gasteiger partial charge in [0.15, 0.2) is 0 Å². The SMILES string of the molecule is CC(C)CCCC(C)NC(=O)c1ccc(N)c(Cl)c1. The van der Waals surface area contributed by atoms with Crippen molar-refractivity contribution in [3.05, 3.63) is 28.8 Å². The predicted molar refractivity (Wildman–Crippen MR) is 81.5 cm³/mol. The fraction of sp³-hybridized carbons (Fsp3) is 0.533. The van der Waals surface area contributed by atoms with E-state index in [1.54, 1.807) is 18.2 Å². The van der Waals surface area contributed by atoms with Crippen LogP contribution < -0.4 is 11.1 Å². The van der Waals surface area contributed by atoms with Crippen molar-refractivity contribution in [3.8, 4) is 0 Å². The molecule has 3 N–H and O–H groups in total. The minimum atomic E-state index is -0.0982. The number of benzene rings is 1. The Bertz CT molecular complexity index is 432. The molecule has 0 spiro atoms. The fourth-order valence-corrected chi connectivity index (χ4v) is 2.06. The highest BCUT2D eigenvalue weighted by Crippen LogP contribution is 2.19. The van der Waals surface area contributed by atoms with E-state index in [0.29, 0.717) is 22.2 Å². The standard InChI is InChI=1S/C15H23ClN2O/c1-10(2)5-4-6-11(3)18-15(19)12-7-8-14(17)13(16)9-12/h7-11H,4-6,17H2,1-3H3,(H,18,19). The molecule has 0 radical (unpaired) electrons. The number of hydrogen-bond donors (Lipinski definition) is 2. The maximum atomic E-state index is 12.0. The van der Waals surface area contributed by atoms with Gasteiger partial charge in [-0.15, -0.1) is 0 Å². The van der Waals surface area contributed by atoms with Crippen LogP contribution >= 0.6 is 11.6 Å². The van der Waals surface area contributed by atoms with Gasteiger partial charge in [-0.1, -0.05) is 38.3 Å². The summed E-state index contributed by atoms with van der Waals surface area (Å²) in [5.41, 5.74) is 6.66. The molecule has 0 aliphatic heterocycles. The summed E-state index contributed by atoms with van der Waals surface area (Å²) < 4.78 is 0. The van der Waals surface area contributed by atoms with Crippen molar-refractivity contribution in [2.45, 2.75) is 46.1 Å². The molecule has 3 nitrogen and oxygen atoms in total. The van der Waals surface area contributed by atoms with Gasteiger partial charge in [-0.2, -0.15) is 0 Å². The number of nitrogen functional groups attached to an aromatic ring is 1. The Labute approximate surface area is 120 Å². The number of amides is 1. The van der Waals surface area contributed by atoms with E-state index in [1.807, 2.05) is 6.92 Å². The third-order valence-corrected chi connectivity index (χ3v) is 3.39. The Morgan fingerprint density at radius 2 is 2.00 bits per heavy atom. The molecule has 1 unspecified atom stereocenters. The number of rotatable bonds is 6. The van der Waals surface area contributed by atoms with Gasteiger partial charge in [0, 0.05) is 11.6 Å². The van der Waals surface area contributed by atoms with Crippen LogP contribution in [0.2, 0.25) is 5.02 Å². The molecule has 1 aromatic rings. The summed E-state index contributed by atoms with van der Waals surface area (Å²) in [5, 5.41) is 3.39. The average molecular weight is 283 g/mol. The van der Waals surface area contributed by atoms with Crippen molar-refractivity contribution in [1.29, 1.82) is 0 Å². The van der Waals surface area contributed by atoms with Crippen molar-refractivity contribution in [1.82, 2.24) is 5.32 Å². The molecule has 19 heavy (non-hydrogen) atoms. The van der Waals surface area contributed by atoms with Gasteiger partial charge in [-0.05, 0) is 37.5 Å². The monoisotopic (exact) mass is 282 g/mol. The second-order valence-electron chi connectivity index (χ2n) is 5.44. The average Bonchev–Trinajstić information content (AvgIpc) is 2.32. The number of carbonyl (C=O) groups excluding carboxylic acids is 1. The van der Waals surface area contributed by atoms with Gasteiger partial charge in [-0.3, -0.25) is 4.79 Å². The van der Waals surface area contributed by atoms with E-state index in [9.17, 15) is 4.79 Å². The van der Waals surface area contributed by atoms with Crippen LogP contribution in [0.15, 0.2) is 18.2 Å². The third-order valence-electron chi connectivity index (χ3n) is 3.06. The van der Waals surface area contributed by atoms with E-state index in [4.69, 9.17) is 17.3 Å². The third kappa shape index (κ3) is 5.52. The molecule has 0 bridgehead atoms. The molecule has 0 aliphatic carbocycles. The summed E-state index contributed by atoms with van der Waals surface area (Å²) in [5.74, 6) is 0.609. The molecule has 0 fully saturated rings. The maximum absolute atomic E-state index is 12.0. The Hall–Kier alpha value is -1.22. The number of halogens is 1. The molecule has 1 amide bonds. The lowest BCUT2D eigenvalue weighted by Crippen LogP contribution is -2.32. The lowest BCUT2D eigenvalue weighted by molar-refractivity contribution is 0.0938. The molecule has 0 aliphatic rings. The van der Waals surface area contributed by atoms with Gasteiger partial charge in [-0.25, -0.2) is 0 Å². The van der Waals surface area contributed by atoms with E-state index in [0.717, 1.165) is 12.8 Å². The summed E-state index contributed by atoms with van der Waals surface area (Å²) in [7, 11) is 0. The molecule has 0 saturated heterocycles. The molecule has 106 valence electrons. The van der Waals surface area contributed by atoms with Crippen LogP contribution in [0.1, 0.15) is 50.4 Å². The first-order valence-corrected chi connectivity index (χ1v) is 7.14. The Kier molecular flexibility index (Phi) is 6.16. The normalized spacial score (nSPS) is 12.5. The van der Waals surface area contributed by atoms with E-state index >= 15 is 0 Å². The van der Waals surface area contributed by atoms with Gasteiger partial charge in [0.1, 0.15) is 0 Å². The fourth-order valence-electron chi connectivity index (χ4n) is 1.88. The van der Waals surface area contributed by atoms with Crippen molar-refractivity contribution >= 4 is 23.2 Å². The molecule has 0 saturated carbocycles. The van der Waals surface area contributed by atoms with Crippen LogP contribution in [0.5, 0.6) is 0 Å².